The number of halogens is 1. The summed E-state index contributed by atoms with van der Waals surface area (Å²) in [5.74, 6) is 2.18. The molecule has 0 heterocycles. The van der Waals surface area contributed by atoms with E-state index in [1.165, 1.54) is 19.3 Å². The second-order valence-corrected chi connectivity index (χ2v) is 7.36. The molecule has 2 rings (SSSR count). The molecule has 26 heavy (non-hydrogen) atoms. The average molecular weight is 490 g/mol. The fraction of sp³-hybridized carbons (Fsp3) is 0.579. The first kappa shape index (κ1) is 23.1. The highest BCUT2D eigenvalue weighted by molar-refractivity contribution is 14.0. The van der Waals surface area contributed by atoms with Crippen molar-refractivity contribution >= 4 is 53.3 Å². The molecule has 0 spiro atoms. The van der Waals surface area contributed by atoms with Crippen molar-refractivity contribution in [3.63, 3.8) is 0 Å². The molecule has 0 aromatic heterocycles. The van der Waals surface area contributed by atoms with Gasteiger partial charge in [-0.1, -0.05) is 31.4 Å². The first-order valence-electron chi connectivity index (χ1n) is 9.06. The normalized spacial score (nSPS) is 15.1. The van der Waals surface area contributed by atoms with Gasteiger partial charge in [0.2, 0.25) is 5.91 Å². The van der Waals surface area contributed by atoms with Gasteiger partial charge in [-0.2, -0.15) is 11.8 Å². The zero-order chi connectivity index (χ0) is 17.9. The molecule has 1 aliphatic carbocycles. The lowest BCUT2D eigenvalue weighted by atomic mass is 9.88. The molecular weight excluding hydrogens is 459 g/mol. The lowest BCUT2D eigenvalue weighted by Crippen LogP contribution is -2.37. The molecule has 0 unspecified atom stereocenters. The lowest BCUT2D eigenvalue weighted by molar-refractivity contribution is -0.120. The summed E-state index contributed by atoms with van der Waals surface area (Å²) in [4.78, 5) is 16.6. The molecule has 0 aliphatic heterocycles. The minimum absolute atomic E-state index is 0. The van der Waals surface area contributed by atoms with E-state index in [0.29, 0.717) is 6.54 Å². The van der Waals surface area contributed by atoms with Gasteiger partial charge in [-0.05, 0) is 36.8 Å². The van der Waals surface area contributed by atoms with Crippen LogP contribution >= 0.6 is 35.7 Å². The van der Waals surface area contributed by atoms with Crippen LogP contribution in [0.25, 0.3) is 0 Å². The standard InChI is InChI=1S/C19H30N4OS.HI/c1-20-19(21-11-12-25-2)22-14-15-7-6-10-17(13-15)23-18(24)16-8-4-3-5-9-16;/h6-7,10,13,16H,3-5,8-9,11-12,14H2,1-2H3,(H,23,24)(H2,20,21,22);1H. The molecule has 0 atom stereocenters. The number of nitrogens with zero attached hydrogens (tertiary/aromatic N) is 1. The van der Waals surface area contributed by atoms with Gasteiger partial charge in [0.15, 0.2) is 5.96 Å². The van der Waals surface area contributed by atoms with Gasteiger partial charge in [0.05, 0.1) is 0 Å². The Bertz CT molecular complexity index is 576. The van der Waals surface area contributed by atoms with E-state index in [-0.39, 0.29) is 35.8 Å². The number of hydrogen-bond donors (Lipinski definition) is 3. The van der Waals surface area contributed by atoms with E-state index in [1.54, 1.807) is 18.8 Å². The minimum atomic E-state index is 0. The van der Waals surface area contributed by atoms with Crippen LogP contribution in [0.2, 0.25) is 0 Å². The molecule has 0 radical (unpaired) electrons. The van der Waals surface area contributed by atoms with Crippen LogP contribution in [-0.2, 0) is 11.3 Å². The maximum atomic E-state index is 12.4. The Labute approximate surface area is 178 Å². The molecule has 5 nitrogen and oxygen atoms in total. The van der Waals surface area contributed by atoms with Crippen molar-refractivity contribution in [1.29, 1.82) is 0 Å². The number of anilines is 1. The fourth-order valence-corrected chi connectivity index (χ4v) is 3.35. The molecule has 146 valence electrons. The Morgan fingerprint density at radius 2 is 2.00 bits per heavy atom. The van der Waals surface area contributed by atoms with Gasteiger partial charge < -0.3 is 16.0 Å². The highest BCUT2D eigenvalue weighted by atomic mass is 127. The maximum absolute atomic E-state index is 12.4. The molecule has 1 fully saturated rings. The second-order valence-electron chi connectivity index (χ2n) is 6.37. The topological polar surface area (TPSA) is 65.5 Å². The Morgan fingerprint density at radius 1 is 1.23 bits per heavy atom. The van der Waals surface area contributed by atoms with Crippen LogP contribution in [-0.4, -0.2) is 37.5 Å². The Balaban J connectivity index is 0.00000338. The predicted molar refractivity (Wildman–Crippen MR) is 124 cm³/mol. The summed E-state index contributed by atoms with van der Waals surface area (Å²) in [6.45, 7) is 1.56. The smallest absolute Gasteiger partial charge is 0.227 e. The molecule has 3 N–H and O–H groups in total. The number of benzene rings is 1. The Hall–Kier alpha value is -0.960. The zero-order valence-corrected chi connectivity index (χ0v) is 18.9. The van der Waals surface area contributed by atoms with Crippen molar-refractivity contribution in [2.24, 2.45) is 10.9 Å². The monoisotopic (exact) mass is 490 g/mol. The van der Waals surface area contributed by atoms with Crippen LogP contribution in [0.1, 0.15) is 37.7 Å². The van der Waals surface area contributed by atoms with Crippen LogP contribution in [0.3, 0.4) is 0 Å². The van der Waals surface area contributed by atoms with Gasteiger partial charge >= 0.3 is 0 Å². The van der Waals surface area contributed by atoms with Crippen molar-refractivity contribution in [3.8, 4) is 0 Å². The molecule has 0 bridgehead atoms. The van der Waals surface area contributed by atoms with E-state index in [1.807, 2.05) is 18.2 Å². The third-order valence-corrected chi connectivity index (χ3v) is 5.07. The lowest BCUT2D eigenvalue weighted by Gasteiger charge is -2.21. The van der Waals surface area contributed by atoms with Crippen LogP contribution in [0.5, 0.6) is 0 Å². The highest BCUT2D eigenvalue weighted by Gasteiger charge is 2.20. The average Bonchev–Trinajstić information content (AvgIpc) is 2.65. The first-order valence-corrected chi connectivity index (χ1v) is 10.5. The van der Waals surface area contributed by atoms with Gasteiger partial charge in [-0.25, -0.2) is 0 Å². The molecule has 1 amide bonds. The Morgan fingerprint density at radius 3 is 2.69 bits per heavy atom. The minimum Gasteiger partial charge on any atom is -0.356 e. The third kappa shape index (κ3) is 8.16. The van der Waals surface area contributed by atoms with E-state index in [9.17, 15) is 4.79 Å². The fourth-order valence-electron chi connectivity index (χ4n) is 3.05. The number of aliphatic imine (C=N–C) groups is 1. The first-order chi connectivity index (χ1) is 12.2. The van der Waals surface area contributed by atoms with Gasteiger partial charge in [0, 0.05) is 37.5 Å². The van der Waals surface area contributed by atoms with Crippen LogP contribution < -0.4 is 16.0 Å². The van der Waals surface area contributed by atoms with E-state index < -0.39 is 0 Å². The molecule has 7 heteroatoms. The van der Waals surface area contributed by atoms with E-state index in [2.05, 4.69) is 33.3 Å². The quantitative estimate of drug-likeness (QED) is 0.235. The number of nitrogens with one attached hydrogen (secondary N) is 3. The van der Waals surface area contributed by atoms with Gasteiger partial charge in [-0.3, -0.25) is 9.79 Å². The van der Waals surface area contributed by atoms with Crippen molar-refractivity contribution in [2.45, 2.75) is 38.6 Å². The summed E-state index contributed by atoms with van der Waals surface area (Å²) in [6, 6.07) is 8.02. The number of thioether (sulfide) groups is 1. The third-order valence-electron chi connectivity index (χ3n) is 4.45. The van der Waals surface area contributed by atoms with Crippen molar-refractivity contribution < 1.29 is 4.79 Å². The maximum Gasteiger partial charge on any atom is 0.227 e. The SMILES string of the molecule is CN=C(NCCSC)NCc1cccc(NC(=O)C2CCCCC2)c1.I. The predicted octanol–water partition coefficient (Wildman–Crippen LogP) is 3.85. The molecule has 1 aromatic carbocycles. The summed E-state index contributed by atoms with van der Waals surface area (Å²) in [5.41, 5.74) is 1.99. The number of amides is 1. The van der Waals surface area contributed by atoms with Gasteiger partial charge in [0.1, 0.15) is 0 Å². The van der Waals surface area contributed by atoms with Crippen LogP contribution in [0, 0.1) is 5.92 Å². The number of rotatable bonds is 7. The number of guanidine groups is 1. The zero-order valence-electron chi connectivity index (χ0n) is 15.7. The van der Waals surface area contributed by atoms with Crippen molar-refractivity contribution in [3.05, 3.63) is 29.8 Å². The second kappa shape index (κ2) is 13.2. The molecule has 1 aromatic rings. The van der Waals surface area contributed by atoms with Gasteiger partial charge in [-0.15, -0.1) is 24.0 Å². The van der Waals surface area contributed by atoms with Crippen LogP contribution in [0.4, 0.5) is 5.69 Å². The summed E-state index contributed by atoms with van der Waals surface area (Å²) in [7, 11) is 1.77. The van der Waals surface area contributed by atoms with Crippen molar-refractivity contribution in [1.82, 2.24) is 10.6 Å². The summed E-state index contributed by atoms with van der Waals surface area (Å²) in [6.07, 6.45) is 7.73. The summed E-state index contributed by atoms with van der Waals surface area (Å²) in [5, 5.41) is 9.66. The molecule has 1 aliphatic rings. The number of carbonyl (C=O) groups excluding carboxylic acids is 1. The molecule has 0 saturated heterocycles. The largest absolute Gasteiger partial charge is 0.356 e. The van der Waals surface area contributed by atoms with E-state index >= 15 is 0 Å². The van der Waals surface area contributed by atoms with Crippen molar-refractivity contribution in [2.75, 3.05) is 30.9 Å². The summed E-state index contributed by atoms with van der Waals surface area (Å²) < 4.78 is 0. The number of hydrogen-bond acceptors (Lipinski definition) is 3. The van der Waals surface area contributed by atoms with Crippen LogP contribution in [0.15, 0.2) is 29.3 Å². The summed E-state index contributed by atoms with van der Waals surface area (Å²) >= 11 is 1.80. The molecular formula is C19H31IN4OS. The Kier molecular flexibility index (Phi) is 11.8. The van der Waals surface area contributed by atoms with E-state index in [0.717, 1.165) is 42.3 Å². The molecule has 1 saturated carbocycles. The number of carbonyl (C=O) groups is 1. The van der Waals surface area contributed by atoms with Gasteiger partial charge in [0.25, 0.3) is 0 Å². The highest BCUT2D eigenvalue weighted by Crippen LogP contribution is 2.25. The van der Waals surface area contributed by atoms with E-state index in [4.69, 9.17) is 0 Å².